The van der Waals surface area contributed by atoms with E-state index in [4.69, 9.17) is 5.73 Å². The fraction of sp³-hybridized carbons (Fsp3) is 0.188. The van der Waals surface area contributed by atoms with E-state index in [-0.39, 0.29) is 0 Å². The summed E-state index contributed by atoms with van der Waals surface area (Å²) in [5, 5.41) is 3.13. The first-order chi connectivity index (χ1) is 9.72. The van der Waals surface area contributed by atoms with Crippen LogP contribution >= 0.6 is 11.3 Å². The normalized spacial score (nSPS) is 11.3. The molecule has 0 bridgehead atoms. The Hall–Kier alpha value is -1.91. The molecule has 0 radical (unpaired) electrons. The predicted octanol–water partition coefficient (Wildman–Crippen LogP) is 3.51. The molecule has 102 valence electrons. The second-order valence-electron chi connectivity index (χ2n) is 4.97. The summed E-state index contributed by atoms with van der Waals surface area (Å²) in [5.41, 5.74) is 8.89. The molecule has 0 aliphatic rings. The number of nitrogen functional groups attached to an aromatic ring is 1. The molecule has 2 heterocycles. The fourth-order valence-corrected chi connectivity index (χ4v) is 3.13. The molecule has 0 aliphatic carbocycles. The van der Waals surface area contributed by atoms with Gasteiger partial charge in [-0.05, 0) is 30.6 Å². The second-order valence-corrected chi connectivity index (χ2v) is 6.00. The molecule has 0 saturated heterocycles. The molecular formula is C16H17N3S. The van der Waals surface area contributed by atoms with Crippen LogP contribution < -0.4 is 5.73 Å². The Balaban J connectivity index is 1.80. The maximum absolute atomic E-state index is 6.11. The molecule has 0 spiro atoms. The number of thiophene rings is 1. The minimum absolute atomic E-state index is 0.799. The summed E-state index contributed by atoms with van der Waals surface area (Å²) in [6.07, 6.45) is 0. The Labute approximate surface area is 122 Å². The molecular weight excluding hydrogens is 266 g/mol. The Bertz CT molecular complexity index is 707. The van der Waals surface area contributed by atoms with Crippen molar-refractivity contribution in [1.29, 1.82) is 0 Å². The van der Waals surface area contributed by atoms with Gasteiger partial charge in [0.2, 0.25) is 0 Å². The summed E-state index contributed by atoms with van der Waals surface area (Å²) in [7, 11) is 2.10. The van der Waals surface area contributed by atoms with Gasteiger partial charge in [0.05, 0.1) is 11.2 Å². The SMILES string of the molecule is CN(Cc1cc(N)c2ccccc2n1)Cc1cccs1. The van der Waals surface area contributed by atoms with Gasteiger partial charge in [-0.15, -0.1) is 11.3 Å². The first-order valence-corrected chi connectivity index (χ1v) is 7.45. The lowest BCUT2D eigenvalue weighted by molar-refractivity contribution is 0.318. The maximum Gasteiger partial charge on any atom is 0.0726 e. The number of para-hydroxylation sites is 1. The molecule has 20 heavy (non-hydrogen) atoms. The molecule has 1 aromatic carbocycles. The molecule has 3 aromatic rings. The number of fused-ring (bicyclic) bond motifs is 1. The van der Waals surface area contributed by atoms with E-state index in [0.29, 0.717) is 0 Å². The van der Waals surface area contributed by atoms with Gasteiger partial charge in [0, 0.05) is 29.0 Å². The number of hydrogen-bond donors (Lipinski definition) is 1. The van der Waals surface area contributed by atoms with E-state index in [1.54, 1.807) is 11.3 Å². The van der Waals surface area contributed by atoms with E-state index < -0.39 is 0 Å². The van der Waals surface area contributed by atoms with Gasteiger partial charge < -0.3 is 5.73 Å². The summed E-state index contributed by atoms with van der Waals surface area (Å²) in [6, 6.07) is 14.2. The molecule has 3 rings (SSSR count). The van der Waals surface area contributed by atoms with E-state index in [2.05, 4.69) is 34.4 Å². The van der Waals surface area contributed by atoms with Crippen LogP contribution in [0.5, 0.6) is 0 Å². The van der Waals surface area contributed by atoms with Crippen molar-refractivity contribution < 1.29 is 0 Å². The lowest BCUT2D eigenvalue weighted by Gasteiger charge is -2.16. The largest absolute Gasteiger partial charge is 0.398 e. The first kappa shape index (κ1) is 13.1. The molecule has 0 fully saturated rings. The zero-order valence-electron chi connectivity index (χ0n) is 11.4. The standard InChI is InChI=1S/C16H17N3S/c1-19(11-13-5-4-8-20-13)10-12-9-15(17)14-6-2-3-7-16(14)18-12/h2-9H,10-11H2,1H3,(H2,17,18). The topological polar surface area (TPSA) is 42.1 Å². The van der Waals surface area contributed by atoms with Crippen LogP contribution in [0.1, 0.15) is 10.6 Å². The highest BCUT2D eigenvalue weighted by Gasteiger charge is 2.07. The van der Waals surface area contributed by atoms with Crippen molar-refractivity contribution in [1.82, 2.24) is 9.88 Å². The maximum atomic E-state index is 6.11. The van der Waals surface area contributed by atoms with E-state index in [9.17, 15) is 0 Å². The monoisotopic (exact) mass is 283 g/mol. The van der Waals surface area contributed by atoms with Gasteiger partial charge in [0.25, 0.3) is 0 Å². The van der Waals surface area contributed by atoms with Crippen molar-refractivity contribution in [3.05, 3.63) is 58.4 Å². The van der Waals surface area contributed by atoms with E-state index in [0.717, 1.165) is 35.4 Å². The lowest BCUT2D eigenvalue weighted by Crippen LogP contribution is -2.17. The van der Waals surface area contributed by atoms with E-state index >= 15 is 0 Å². The second kappa shape index (κ2) is 5.61. The van der Waals surface area contributed by atoms with Gasteiger partial charge in [-0.1, -0.05) is 24.3 Å². The molecule has 2 aromatic heterocycles. The van der Waals surface area contributed by atoms with E-state index in [1.165, 1.54) is 4.88 Å². The zero-order chi connectivity index (χ0) is 13.9. The average Bonchev–Trinajstić information content (AvgIpc) is 2.91. The highest BCUT2D eigenvalue weighted by Crippen LogP contribution is 2.21. The van der Waals surface area contributed by atoms with E-state index in [1.807, 2.05) is 30.3 Å². The van der Waals surface area contributed by atoms with Crippen molar-refractivity contribution in [3.8, 4) is 0 Å². The van der Waals surface area contributed by atoms with Crippen LogP contribution in [-0.2, 0) is 13.1 Å². The smallest absolute Gasteiger partial charge is 0.0726 e. The first-order valence-electron chi connectivity index (χ1n) is 6.57. The number of nitrogens with zero attached hydrogens (tertiary/aromatic N) is 2. The van der Waals surface area contributed by atoms with Gasteiger partial charge in [0.15, 0.2) is 0 Å². The summed E-state index contributed by atoms with van der Waals surface area (Å²) >= 11 is 1.78. The quantitative estimate of drug-likeness (QED) is 0.796. The third-order valence-corrected chi connectivity index (χ3v) is 4.10. The van der Waals surface area contributed by atoms with Gasteiger partial charge in [-0.3, -0.25) is 9.88 Å². The predicted molar refractivity (Wildman–Crippen MR) is 85.6 cm³/mol. The molecule has 0 saturated carbocycles. The van der Waals surface area contributed by atoms with Gasteiger partial charge in [0.1, 0.15) is 0 Å². The minimum atomic E-state index is 0.799. The summed E-state index contributed by atoms with van der Waals surface area (Å²) < 4.78 is 0. The van der Waals surface area contributed by atoms with Crippen LogP contribution in [-0.4, -0.2) is 16.9 Å². The summed E-state index contributed by atoms with van der Waals surface area (Å²) in [5.74, 6) is 0. The van der Waals surface area contributed by atoms with Crippen LogP contribution in [0, 0.1) is 0 Å². The molecule has 0 unspecified atom stereocenters. The van der Waals surface area contributed by atoms with Crippen LogP contribution in [0.4, 0.5) is 5.69 Å². The number of hydrogen-bond acceptors (Lipinski definition) is 4. The summed E-state index contributed by atoms with van der Waals surface area (Å²) in [4.78, 5) is 8.30. The Morgan fingerprint density at radius 3 is 2.80 bits per heavy atom. The molecule has 0 atom stereocenters. The fourth-order valence-electron chi connectivity index (χ4n) is 2.34. The number of pyridine rings is 1. The minimum Gasteiger partial charge on any atom is -0.398 e. The zero-order valence-corrected chi connectivity index (χ0v) is 12.2. The summed E-state index contributed by atoms with van der Waals surface area (Å²) in [6.45, 7) is 1.74. The van der Waals surface area contributed by atoms with Crippen molar-refractivity contribution in [2.45, 2.75) is 13.1 Å². The molecule has 0 amide bonds. The third kappa shape index (κ3) is 2.81. The molecule has 2 N–H and O–H groups in total. The average molecular weight is 283 g/mol. The van der Waals surface area contributed by atoms with Gasteiger partial charge in [-0.25, -0.2) is 0 Å². The lowest BCUT2D eigenvalue weighted by atomic mass is 10.1. The number of anilines is 1. The molecule has 4 heteroatoms. The highest BCUT2D eigenvalue weighted by atomic mass is 32.1. The van der Waals surface area contributed by atoms with Crippen molar-refractivity contribution in [2.75, 3.05) is 12.8 Å². The van der Waals surface area contributed by atoms with Gasteiger partial charge in [-0.2, -0.15) is 0 Å². The molecule has 0 aliphatic heterocycles. The van der Waals surface area contributed by atoms with Crippen molar-refractivity contribution >= 4 is 27.9 Å². The number of aromatic nitrogens is 1. The van der Waals surface area contributed by atoms with Crippen molar-refractivity contribution in [2.24, 2.45) is 0 Å². The Kier molecular flexibility index (Phi) is 3.67. The number of rotatable bonds is 4. The van der Waals surface area contributed by atoms with Crippen LogP contribution in [0.3, 0.4) is 0 Å². The van der Waals surface area contributed by atoms with Crippen LogP contribution in [0.15, 0.2) is 47.8 Å². The van der Waals surface area contributed by atoms with Crippen LogP contribution in [0.25, 0.3) is 10.9 Å². The Morgan fingerprint density at radius 2 is 2.00 bits per heavy atom. The van der Waals surface area contributed by atoms with Crippen LogP contribution in [0.2, 0.25) is 0 Å². The number of nitrogens with two attached hydrogens (primary N) is 1. The molecule has 3 nitrogen and oxygen atoms in total. The Morgan fingerprint density at radius 1 is 1.15 bits per heavy atom. The number of benzene rings is 1. The van der Waals surface area contributed by atoms with Crippen molar-refractivity contribution in [3.63, 3.8) is 0 Å². The highest BCUT2D eigenvalue weighted by molar-refractivity contribution is 7.09. The third-order valence-electron chi connectivity index (χ3n) is 3.24. The van der Waals surface area contributed by atoms with Gasteiger partial charge >= 0.3 is 0 Å².